The molecule has 0 radical (unpaired) electrons. The summed E-state index contributed by atoms with van der Waals surface area (Å²) in [5.41, 5.74) is 4.13. The Morgan fingerprint density at radius 3 is 2.52 bits per heavy atom. The van der Waals surface area contributed by atoms with Gasteiger partial charge in [0, 0.05) is 6.61 Å². The highest BCUT2D eigenvalue weighted by Gasteiger charge is 2.43. The quantitative estimate of drug-likeness (QED) is 0.786. The second-order valence-corrected chi connectivity index (χ2v) is 6.45. The molecular weight excluding hydrogens is 258 g/mol. The lowest BCUT2D eigenvalue weighted by Crippen LogP contribution is -2.45. The fraction of sp³-hybridized carbons (Fsp3) is 0.684. The first-order valence-corrected chi connectivity index (χ1v) is 8.57. The highest BCUT2D eigenvalue weighted by Crippen LogP contribution is 2.43. The van der Waals surface area contributed by atoms with Crippen molar-refractivity contribution in [2.75, 3.05) is 13.2 Å². The topological polar surface area (TPSA) is 21.3 Å². The number of aryl methyl sites for hydroxylation is 2. The van der Waals surface area contributed by atoms with E-state index in [2.05, 4.69) is 51.2 Å². The molecule has 118 valence electrons. The van der Waals surface area contributed by atoms with E-state index in [9.17, 15) is 0 Å². The number of benzene rings is 1. The van der Waals surface area contributed by atoms with Crippen molar-refractivity contribution in [1.29, 1.82) is 0 Å². The number of hydrogen-bond acceptors (Lipinski definition) is 2. The number of hydrogen-bond donors (Lipinski definition) is 1. The maximum absolute atomic E-state index is 6.34. The van der Waals surface area contributed by atoms with E-state index >= 15 is 0 Å². The van der Waals surface area contributed by atoms with Crippen LogP contribution in [0.25, 0.3) is 0 Å². The van der Waals surface area contributed by atoms with Gasteiger partial charge in [-0.3, -0.25) is 0 Å². The Hall–Kier alpha value is -0.860. The van der Waals surface area contributed by atoms with E-state index in [1.54, 1.807) is 0 Å². The van der Waals surface area contributed by atoms with Crippen LogP contribution in [0, 0.1) is 13.8 Å². The van der Waals surface area contributed by atoms with Gasteiger partial charge in [0.25, 0.3) is 0 Å². The van der Waals surface area contributed by atoms with E-state index in [1.165, 1.54) is 42.4 Å². The lowest BCUT2D eigenvalue weighted by Gasteiger charge is -2.39. The van der Waals surface area contributed by atoms with Crippen molar-refractivity contribution in [3.63, 3.8) is 0 Å². The summed E-state index contributed by atoms with van der Waals surface area (Å²) >= 11 is 0. The Balaban J connectivity index is 2.38. The summed E-state index contributed by atoms with van der Waals surface area (Å²) < 4.78 is 6.34. The molecule has 1 fully saturated rings. The standard InChI is InChI=1S/C19H31NO/c1-5-13-20-18(17-14-15(3)9-10-16(17)4)19(21-6-2)11-7-8-12-19/h9-10,14,18,20H,5-8,11-13H2,1-4H3. The molecule has 0 saturated heterocycles. The third-order valence-corrected chi connectivity index (χ3v) is 4.75. The van der Waals surface area contributed by atoms with Gasteiger partial charge in [0.05, 0.1) is 11.6 Å². The molecule has 21 heavy (non-hydrogen) atoms. The Morgan fingerprint density at radius 2 is 1.90 bits per heavy atom. The minimum Gasteiger partial charge on any atom is -0.373 e. The summed E-state index contributed by atoms with van der Waals surface area (Å²) in [6, 6.07) is 7.12. The second-order valence-electron chi connectivity index (χ2n) is 6.45. The third kappa shape index (κ3) is 3.67. The van der Waals surface area contributed by atoms with Crippen molar-refractivity contribution in [3.8, 4) is 0 Å². The van der Waals surface area contributed by atoms with E-state index in [4.69, 9.17) is 4.74 Å². The molecule has 2 rings (SSSR count). The van der Waals surface area contributed by atoms with Crippen LogP contribution in [0.4, 0.5) is 0 Å². The molecule has 0 spiro atoms. The van der Waals surface area contributed by atoms with Crippen molar-refractivity contribution in [3.05, 3.63) is 34.9 Å². The summed E-state index contributed by atoms with van der Waals surface area (Å²) in [5, 5.41) is 3.80. The highest BCUT2D eigenvalue weighted by molar-refractivity contribution is 5.35. The van der Waals surface area contributed by atoms with Gasteiger partial charge in [0.2, 0.25) is 0 Å². The number of ether oxygens (including phenoxy) is 1. The Morgan fingerprint density at radius 1 is 1.19 bits per heavy atom. The zero-order valence-corrected chi connectivity index (χ0v) is 14.2. The molecule has 0 bridgehead atoms. The average Bonchev–Trinajstić information content (AvgIpc) is 2.93. The summed E-state index contributed by atoms with van der Waals surface area (Å²) in [5.74, 6) is 0. The molecular formula is C19H31NO. The van der Waals surface area contributed by atoms with E-state index in [1.807, 2.05) is 0 Å². The molecule has 1 saturated carbocycles. The molecule has 1 aliphatic rings. The molecule has 2 nitrogen and oxygen atoms in total. The molecule has 1 aromatic rings. The Bertz CT molecular complexity index is 449. The van der Waals surface area contributed by atoms with Gasteiger partial charge in [0.1, 0.15) is 0 Å². The van der Waals surface area contributed by atoms with Gasteiger partial charge in [-0.05, 0) is 57.7 Å². The van der Waals surface area contributed by atoms with Crippen LogP contribution < -0.4 is 5.32 Å². The molecule has 0 heterocycles. The smallest absolute Gasteiger partial charge is 0.0876 e. The van der Waals surface area contributed by atoms with Crippen LogP contribution >= 0.6 is 0 Å². The molecule has 1 aliphatic carbocycles. The van der Waals surface area contributed by atoms with Crippen molar-refractivity contribution in [1.82, 2.24) is 5.32 Å². The Kier molecular flexibility index (Phi) is 5.83. The maximum atomic E-state index is 6.34. The molecule has 1 unspecified atom stereocenters. The van der Waals surface area contributed by atoms with Crippen LogP contribution in [0.3, 0.4) is 0 Å². The minimum atomic E-state index is -0.0114. The fourth-order valence-electron chi connectivity index (χ4n) is 3.72. The van der Waals surface area contributed by atoms with Gasteiger partial charge < -0.3 is 10.1 Å². The van der Waals surface area contributed by atoms with Gasteiger partial charge in [-0.25, -0.2) is 0 Å². The van der Waals surface area contributed by atoms with E-state index < -0.39 is 0 Å². The molecule has 1 N–H and O–H groups in total. The first-order chi connectivity index (χ1) is 10.1. The SMILES string of the molecule is CCCNC(c1cc(C)ccc1C)C1(OCC)CCCC1. The zero-order chi connectivity index (χ0) is 15.3. The van der Waals surface area contributed by atoms with Crippen molar-refractivity contribution in [2.24, 2.45) is 0 Å². The van der Waals surface area contributed by atoms with E-state index in [-0.39, 0.29) is 5.60 Å². The number of rotatable bonds is 7. The van der Waals surface area contributed by atoms with E-state index in [0.29, 0.717) is 6.04 Å². The first-order valence-electron chi connectivity index (χ1n) is 8.57. The molecule has 0 aromatic heterocycles. The van der Waals surface area contributed by atoms with Crippen LogP contribution in [-0.2, 0) is 4.74 Å². The minimum absolute atomic E-state index is 0.0114. The average molecular weight is 289 g/mol. The summed E-state index contributed by atoms with van der Waals surface area (Å²) in [4.78, 5) is 0. The summed E-state index contributed by atoms with van der Waals surface area (Å²) in [6.45, 7) is 10.6. The molecule has 2 heteroatoms. The van der Waals surface area contributed by atoms with Gasteiger partial charge in [-0.1, -0.05) is 43.5 Å². The van der Waals surface area contributed by atoms with Gasteiger partial charge in [-0.2, -0.15) is 0 Å². The van der Waals surface area contributed by atoms with Crippen LogP contribution in [-0.4, -0.2) is 18.8 Å². The number of nitrogens with one attached hydrogen (secondary N) is 1. The first kappa shape index (κ1) is 16.5. The maximum Gasteiger partial charge on any atom is 0.0876 e. The van der Waals surface area contributed by atoms with Crippen LogP contribution in [0.5, 0.6) is 0 Å². The normalized spacial score (nSPS) is 18.9. The molecule has 0 amide bonds. The molecule has 0 aliphatic heterocycles. The van der Waals surface area contributed by atoms with Crippen LogP contribution in [0.15, 0.2) is 18.2 Å². The molecule has 1 aromatic carbocycles. The monoisotopic (exact) mass is 289 g/mol. The third-order valence-electron chi connectivity index (χ3n) is 4.75. The lowest BCUT2D eigenvalue weighted by molar-refractivity contribution is -0.0627. The van der Waals surface area contributed by atoms with E-state index in [0.717, 1.165) is 19.6 Å². The van der Waals surface area contributed by atoms with Crippen molar-refractivity contribution in [2.45, 2.75) is 71.4 Å². The van der Waals surface area contributed by atoms with Gasteiger partial charge >= 0.3 is 0 Å². The van der Waals surface area contributed by atoms with Gasteiger partial charge in [0.15, 0.2) is 0 Å². The summed E-state index contributed by atoms with van der Waals surface area (Å²) in [7, 11) is 0. The predicted octanol–water partition coefficient (Wildman–Crippen LogP) is 4.69. The zero-order valence-electron chi connectivity index (χ0n) is 14.2. The van der Waals surface area contributed by atoms with Crippen LogP contribution in [0.2, 0.25) is 0 Å². The largest absolute Gasteiger partial charge is 0.373 e. The second kappa shape index (κ2) is 7.42. The Labute approximate surface area is 130 Å². The summed E-state index contributed by atoms with van der Waals surface area (Å²) in [6.07, 6.45) is 6.08. The predicted molar refractivity (Wildman–Crippen MR) is 89.8 cm³/mol. The molecule has 1 atom stereocenters. The van der Waals surface area contributed by atoms with Crippen molar-refractivity contribution < 1.29 is 4.74 Å². The lowest BCUT2D eigenvalue weighted by atomic mass is 9.84. The highest BCUT2D eigenvalue weighted by atomic mass is 16.5. The van der Waals surface area contributed by atoms with Crippen LogP contribution in [0.1, 0.15) is 68.7 Å². The van der Waals surface area contributed by atoms with Gasteiger partial charge in [-0.15, -0.1) is 0 Å². The fourth-order valence-corrected chi connectivity index (χ4v) is 3.72. The van der Waals surface area contributed by atoms with Crippen molar-refractivity contribution >= 4 is 0 Å².